The lowest BCUT2D eigenvalue weighted by Crippen LogP contribution is -2.42. The van der Waals surface area contributed by atoms with E-state index >= 15 is 0 Å². The Hall–Kier alpha value is -2.08. The van der Waals surface area contributed by atoms with Gasteiger partial charge in [0.1, 0.15) is 11.7 Å². The summed E-state index contributed by atoms with van der Waals surface area (Å²) in [6, 6.07) is 1.52. The number of nitro benzene ring substituents is 1. The normalized spacial score (nSPS) is 22.0. The minimum atomic E-state index is -5.12. The van der Waals surface area contributed by atoms with Crippen LogP contribution in [0.5, 0.6) is 0 Å². The lowest BCUT2D eigenvalue weighted by Gasteiger charge is -2.27. The van der Waals surface area contributed by atoms with Gasteiger partial charge in [-0.3, -0.25) is 10.1 Å². The van der Waals surface area contributed by atoms with E-state index in [0.29, 0.717) is 11.0 Å². The number of ether oxygens (including phenoxy) is 1. The van der Waals surface area contributed by atoms with E-state index in [0.717, 1.165) is 6.07 Å². The Morgan fingerprint density at radius 3 is 2.38 bits per heavy atom. The molecule has 0 spiro atoms. The standard InChI is InChI=1S/C12H10F6N2O4/c13-11(14,15)8-3-6(1-2-9(8)20(22)23)19-4-7(5-21)24-10(19)12(16,17)18/h1-3,7,10,21H,4-5H2/t7-,10+/m0/s1. The summed E-state index contributed by atoms with van der Waals surface area (Å²) >= 11 is 0. The van der Waals surface area contributed by atoms with Crippen LogP contribution in [0.4, 0.5) is 37.7 Å². The molecule has 12 heteroatoms. The van der Waals surface area contributed by atoms with E-state index in [1.165, 1.54) is 0 Å². The van der Waals surface area contributed by atoms with Gasteiger partial charge in [-0.1, -0.05) is 0 Å². The van der Waals surface area contributed by atoms with Crippen LogP contribution in [-0.4, -0.2) is 41.7 Å². The molecule has 0 amide bonds. The zero-order valence-corrected chi connectivity index (χ0v) is 11.6. The smallest absolute Gasteiger partial charge is 0.394 e. The lowest BCUT2D eigenvalue weighted by atomic mass is 10.1. The molecule has 0 saturated carbocycles. The molecule has 1 aliphatic rings. The summed E-state index contributed by atoms with van der Waals surface area (Å²) < 4.78 is 82.3. The van der Waals surface area contributed by atoms with E-state index in [2.05, 4.69) is 4.74 Å². The highest BCUT2D eigenvalue weighted by atomic mass is 19.4. The van der Waals surface area contributed by atoms with Crippen LogP contribution in [-0.2, 0) is 10.9 Å². The van der Waals surface area contributed by atoms with Gasteiger partial charge >= 0.3 is 12.4 Å². The van der Waals surface area contributed by atoms with Crippen molar-refractivity contribution in [2.45, 2.75) is 24.7 Å². The number of aliphatic hydroxyl groups excluding tert-OH is 1. The van der Waals surface area contributed by atoms with Crippen molar-refractivity contribution in [3.63, 3.8) is 0 Å². The first-order valence-corrected chi connectivity index (χ1v) is 6.40. The quantitative estimate of drug-likeness (QED) is 0.510. The van der Waals surface area contributed by atoms with Gasteiger partial charge in [0.2, 0.25) is 6.23 Å². The maximum Gasteiger partial charge on any atom is 0.433 e. The zero-order valence-electron chi connectivity index (χ0n) is 11.6. The van der Waals surface area contributed by atoms with Gasteiger partial charge < -0.3 is 14.7 Å². The van der Waals surface area contributed by atoms with E-state index in [9.17, 15) is 36.5 Å². The number of benzene rings is 1. The van der Waals surface area contributed by atoms with Crippen molar-refractivity contribution in [1.29, 1.82) is 0 Å². The number of nitro groups is 1. The fourth-order valence-electron chi connectivity index (χ4n) is 2.30. The molecule has 24 heavy (non-hydrogen) atoms. The number of alkyl halides is 6. The Morgan fingerprint density at radius 1 is 1.29 bits per heavy atom. The molecular formula is C12H10F6N2O4. The molecule has 1 aromatic rings. The van der Waals surface area contributed by atoms with Gasteiger partial charge in [0, 0.05) is 18.3 Å². The van der Waals surface area contributed by atoms with Crippen LogP contribution in [0.1, 0.15) is 5.56 Å². The topological polar surface area (TPSA) is 75.8 Å². The predicted molar refractivity (Wildman–Crippen MR) is 67.2 cm³/mol. The molecule has 1 heterocycles. The van der Waals surface area contributed by atoms with Crippen molar-refractivity contribution in [3.05, 3.63) is 33.9 Å². The first-order chi connectivity index (χ1) is 10.9. The largest absolute Gasteiger partial charge is 0.433 e. The highest BCUT2D eigenvalue weighted by Crippen LogP contribution is 2.41. The molecule has 0 unspecified atom stereocenters. The third-order valence-corrected chi connectivity index (χ3v) is 3.30. The summed E-state index contributed by atoms with van der Waals surface area (Å²) in [7, 11) is 0. The molecule has 134 valence electrons. The van der Waals surface area contributed by atoms with Crippen LogP contribution in [0.15, 0.2) is 18.2 Å². The van der Waals surface area contributed by atoms with Crippen molar-refractivity contribution in [3.8, 4) is 0 Å². The lowest BCUT2D eigenvalue weighted by molar-refractivity contribution is -0.388. The first-order valence-electron chi connectivity index (χ1n) is 6.40. The Kier molecular flexibility index (Phi) is 4.63. The van der Waals surface area contributed by atoms with Gasteiger partial charge in [0.25, 0.3) is 5.69 Å². The van der Waals surface area contributed by atoms with Crippen molar-refractivity contribution in [2.24, 2.45) is 0 Å². The second-order valence-electron chi connectivity index (χ2n) is 4.94. The van der Waals surface area contributed by atoms with Crippen molar-refractivity contribution < 1.29 is 41.1 Å². The van der Waals surface area contributed by atoms with E-state index in [1.54, 1.807) is 0 Å². The van der Waals surface area contributed by atoms with E-state index in [-0.39, 0.29) is 6.07 Å². The van der Waals surface area contributed by atoms with E-state index in [1.807, 2.05) is 0 Å². The predicted octanol–water partition coefficient (Wildman–Crippen LogP) is 2.70. The Morgan fingerprint density at radius 2 is 1.92 bits per heavy atom. The molecule has 1 N–H and O–H groups in total. The number of rotatable bonds is 3. The maximum absolute atomic E-state index is 13.0. The zero-order chi connectivity index (χ0) is 18.3. The molecule has 6 nitrogen and oxygen atoms in total. The van der Waals surface area contributed by atoms with Crippen molar-refractivity contribution in [1.82, 2.24) is 0 Å². The number of hydrogen-bond donors (Lipinski definition) is 1. The molecule has 1 aliphatic heterocycles. The minimum absolute atomic E-state index is 0.264. The average Bonchev–Trinajstić information content (AvgIpc) is 2.90. The molecule has 0 aliphatic carbocycles. The second-order valence-corrected chi connectivity index (χ2v) is 4.94. The molecule has 2 rings (SSSR count). The highest BCUT2D eigenvalue weighted by molar-refractivity contribution is 5.57. The third-order valence-electron chi connectivity index (χ3n) is 3.30. The molecule has 0 bridgehead atoms. The van der Waals surface area contributed by atoms with Crippen LogP contribution in [0.25, 0.3) is 0 Å². The summed E-state index contributed by atoms with van der Waals surface area (Å²) in [6.45, 7) is -1.28. The van der Waals surface area contributed by atoms with Gasteiger partial charge in [-0.2, -0.15) is 26.3 Å². The summed E-state index contributed by atoms with van der Waals surface area (Å²) in [5, 5.41) is 19.6. The molecule has 0 aromatic heterocycles. The van der Waals surface area contributed by atoms with Crippen molar-refractivity contribution >= 4 is 11.4 Å². The number of anilines is 1. The van der Waals surface area contributed by atoms with Crippen molar-refractivity contribution in [2.75, 3.05) is 18.1 Å². The fourth-order valence-corrected chi connectivity index (χ4v) is 2.30. The van der Waals surface area contributed by atoms with Crippen LogP contribution in [0.3, 0.4) is 0 Å². The van der Waals surface area contributed by atoms with Gasteiger partial charge in [-0.15, -0.1) is 0 Å². The SMILES string of the molecule is O=[N+]([O-])c1ccc(N2C[C@@H](CO)O[C@@H]2C(F)(F)F)cc1C(F)(F)F. The van der Waals surface area contributed by atoms with E-state index < -0.39 is 59.7 Å². The number of halogens is 6. The molecule has 1 fully saturated rings. The van der Waals surface area contributed by atoms with Crippen LogP contribution in [0, 0.1) is 10.1 Å². The number of hydrogen-bond acceptors (Lipinski definition) is 5. The van der Waals surface area contributed by atoms with Crippen LogP contribution >= 0.6 is 0 Å². The first kappa shape index (κ1) is 18.3. The highest BCUT2D eigenvalue weighted by Gasteiger charge is 2.51. The maximum atomic E-state index is 13.0. The summed E-state index contributed by atoms with van der Waals surface area (Å²) in [5.41, 5.74) is -3.49. The average molecular weight is 360 g/mol. The van der Waals surface area contributed by atoms with Gasteiger partial charge in [-0.05, 0) is 12.1 Å². The minimum Gasteiger partial charge on any atom is -0.394 e. The van der Waals surface area contributed by atoms with Gasteiger partial charge in [0.05, 0.1) is 11.5 Å². The van der Waals surface area contributed by atoms with Crippen LogP contribution in [0.2, 0.25) is 0 Å². The summed E-state index contributed by atoms with van der Waals surface area (Å²) in [6.07, 6.45) is -13.9. The molecule has 0 radical (unpaired) electrons. The van der Waals surface area contributed by atoms with Gasteiger partial charge in [-0.25, -0.2) is 0 Å². The molecule has 1 saturated heterocycles. The molecular weight excluding hydrogens is 350 g/mol. The summed E-state index contributed by atoms with van der Waals surface area (Å²) in [4.78, 5) is 9.88. The number of nitrogens with zero attached hydrogens (tertiary/aromatic N) is 2. The third kappa shape index (κ3) is 3.53. The molecule has 1 aromatic carbocycles. The Labute approximate surface area is 130 Å². The number of aliphatic hydroxyl groups is 1. The second kappa shape index (κ2) is 6.09. The Bertz CT molecular complexity index is 633. The molecule has 2 atom stereocenters. The Balaban J connectivity index is 2.49. The fraction of sp³-hybridized carbons (Fsp3) is 0.500. The summed E-state index contributed by atoms with van der Waals surface area (Å²) in [5.74, 6) is 0. The van der Waals surface area contributed by atoms with E-state index in [4.69, 9.17) is 5.11 Å². The monoisotopic (exact) mass is 360 g/mol. The van der Waals surface area contributed by atoms with Gasteiger partial charge in [0.15, 0.2) is 0 Å². The van der Waals surface area contributed by atoms with Crippen LogP contribution < -0.4 is 4.90 Å².